The molecule has 0 atom stereocenters. The van der Waals surface area contributed by atoms with Gasteiger partial charge in [-0.1, -0.05) is 23.7 Å². The molecule has 3 rings (SSSR count). The first-order chi connectivity index (χ1) is 11.2. The van der Waals surface area contributed by atoms with Crippen LogP contribution in [-0.4, -0.2) is 13.0 Å². The molecule has 116 valence electrons. The van der Waals surface area contributed by atoms with Gasteiger partial charge in [0.1, 0.15) is 11.5 Å². The highest BCUT2D eigenvalue weighted by molar-refractivity contribution is 6.30. The maximum atomic E-state index is 12.3. The SMILES string of the molecule is COc1ccccc1NC(=O)c1ccc(-c2ccc(Cl)cc2)o1. The first-order valence-corrected chi connectivity index (χ1v) is 7.35. The van der Waals surface area contributed by atoms with Crippen LogP contribution in [0.5, 0.6) is 5.75 Å². The van der Waals surface area contributed by atoms with Crippen LogP contribution in [0.4, 0.5) is 5.69 Å². The van der Waals surface area contributed by atoms with Crippen LogP contribution >= 0.6 is 11.6 Å². The number of furan rings is 1. The molecular weight excluding hydrogens is 314 g/mol. The predicted octanol–water partition coefficient (Wildman–Crippen LogP) is 4.86. The van der Waals surface area contributed by atoms with Crippen molar-refractivity contribution in [1.82, 2.24) is 0 Å². The highest BCUT2D eigenvalue weighted by Gasteiger charge is 2.14. The molecule has 1 aromatic heterocycles. The van der Waals surface area contributed by atoms with Gasteiger partial charge in [0, 0.05) is 10.6 Å². The van der Waals surface area contributed by atoms with Gasteiger partial charge in [-0.25, -0.2) is 0 Å². The third-order valence-electron chi connectivity index (χ3n) is 3.31. The fraction of sp³-hybridized carbons (Fsp3) is 0.0556. The van der Waals surface area contributed by atoms with Crippen LogP contribution in [0.1, 0.15) is 10.6 Å². The molecule has 0 saturated carbocycles. The molecule has 0 spiro atoms. The number of hydrogen-bond donors (Lipinski definition) is 1. The third-order valence-corrected chi connectivity index (χ3v) is 3.57. The number of benzene rings is 2. The van der Waals surface area contributed by atoms with E-state index in [0.29, 0.717) is 22.2 Å². The number of para-hydroxylation sites is 2. The largest absolute Gasteiger partial charge is 0.495 e. The third kappa shape index (κ3) is 3.38. The van der Waals surface area contributed by atoms with Crippen LogP contribution in [-0.2, 0) is 0 Å². The van der Waals surface area contributed by atoms with E-state index in [-0.39, 0.29) is 11.7 Å². The second-order valence-corrected chi connectivity index (χ2v) is 5.26. The van der Waals surface area contributed by atoms with Crippen molar-refractivity contribution in [2.75, 3.05) is 12.4 Å². The van der Waals surface area contributed by atoms with E-state index in [1.807, 2.05) is 24.3 Å². The quantitative estimate of drug-likeness (QED) is 0.744. The van der Waals surface area contributed by atoms with Crippen LogP contribution < -0.4 is 10.1 Å². The summed E-state index contributed by atoms with van der Waals surface area (Å²) in [5.41, 5.74) is 1.44. The standard InChI is InChI=1S/C18H14ClNO3/c1-22-16-5-3-2-4-14(16)20-18(21)17-11-10-15(23-17)12-6-8-13(19)9-7-12/h2-11H,1H3,(H,20,21). The molecule has 0 unspecified atom stereocenters. The second-order valence-electron chi connectivity index (χ2n) is 4.83. The normalized spacial score (nSPS) is 10.3. The molecule has 0 aliphatic carbocycles. The molecule has 0 aliphatic rings. The Morgan fingerprint density at radius 2 is 1.78 bits per heavy atom. The zero-order valence-electron chi connectivity index (χ0n) is 12.4. The Labute approximate surface area is 138 Å². The van der Waals surface area contributed by atoms with Gasteiger partial charge in [0.25, 0.3) is 5.91 Å². The van der Waals surface area contributed by atoms with Gasteiger partial charge in [-0.15, -0.1) is 0 Å². The maximum absolute atomic E-state index is 12.3. The van der Waals surface area contributed by atoms with E-state index in [2.05, 4.69) is 5.32 Å². The smallest absolute Gasteiger partial charge is 0.291 e. The van der Waals surface area contributed by atoms with E-state index in [1.165, 1.54) is 0 Å². The molecule has 23 heavy (non-hydrogen) atoms. The minimum atomic E-state index is -0.338. The lowest BCUT2D eigenvalue weighted by Crippen LogP contribution is -2.11. The Kier molecular flexibility index (Phi) is 4.35. The van der Waals surface area contributed by atoms with E-state index in [1.54, 1.807) is 43.5 Å². The zero-order valence-corrected chi connectivity index (χ0v) is 13.1. The molecule has 0 radical (unpaired) electrons. The summed E-state index contributed by atoms with van der Waals surface area (Å²) < 4.78 is 10.8. The molecule has 5 heteroatoms. The number of rotatable bonds is 4. The van der Waals surface area contributed by atoms with E-state index < -0.39 is 0 Å². The Morgan fingerprint density at radius 3 is 2.52 bits per heavy atom. The summed E-state index contributed by atoms with van der Waals surface area (Å²) in [6, 6.07) is 17.8. The summed E-state index contributed by atoms with van der Waals surface area (Å²) in [6.45, 7) is 0. The van der Waals surface area contributed by atoms with Crippen molar-refractivity contribution in [2.45, 2.75) is 0 Å². The average molecular weight is 328 g/mol. The number of anilines is 1. The average Bonchev–Trinajstić information content (AvgIpc) is 3.06. The van der Waals surface area contributed by atoms with Crippen LogP contribution in [0.15, 0.2) is 65.1 Å². The summed E-state index contributed by atoms with van der Waals surface area (Å²) in [6.07, 6.45) is 0. The number of nitrogens with one attached hydrogen (secondary N) is 1. The molecule has 2 aromatic carbocycles. The highest BCUT2D eigenvalue weighted by Crippen LogP contribution is 2.26. The number of methoxy groups -OCH3 is 1. The highest BCUT2D eigenvalue weighted by atomic mass is 35.5. The first kappa shape index (κ1) is 15.2. The van der Waals surface area contributed by atoms with E-state index >= 15 is 0 Å². The number of halogens is 1. The number of carbonyl (C=O) groups excluding carboxylic acids is 1. The lowest BCUT2D eigenvalue weighted by molar-refractivity contribution is 0.0997. The Bertz CT molecular complexity index is 824. The molecule has 1 N–H and O–H groups in total. The Hall–Kier alpha value is -2.72. The fourth-order valence-electron chi connectivity index (χ4n) is 2.16. The zero-order chi connectivity index (χ0) is 16.2. The van der Waals surface area contributed by atoms with Crippen molar-refractivity contribution in [3.63, 3.8) is 0 Å². The van der Waals surface area contributed by atoms with Crippen molar-refractivity contribution in [2.24, 2.45) is 0 Å². The number of carbonyl (C=O) groups is 1. The minimum absolute atomic E-state index is 0.223. The van der Waals surface area contributed by atoms with Gasteiger partial charge in [0.05, 0.1) is 12.8 Å². The lowest BCUT2D eigenvalue weighted by Gasteiger charge is -2.08. The van der Waals surface area contributed by atoms with Gasteiger partial charge >= 0.3 is 0 Å². The summed E-state index contributed by atoms with van der Waals surface area (Å²) >= 11 is 5.87. The first-order valence-electron chi connectivity index (χ1n) is 6.97. The van der Waals surface area contributed by atoms with Crippen LogP contribution in [0, 0.1) is 0 Å². The number of ether oxygens (including phenoxy) is 1. The predicted molar refractivity (Wildman–Crippen MR) is 90.1 cm³/mol. The Balaban J connectivity index is 1.80. The van der Waals surface area contributed by atoms with Crippen molar-refractivity contribution in [3.05, 3.63) is 71.4 Å². The summed E-state index contributed by atoms with van der Waals surface area (Å²) in [4.78, 5) is 12.3. The second kappa shape index (κ2) is 6.58. The van der Waals surface area contributed by atoms with Gasteiger partial charge in [-0.3, -0.25) is 4.79 Å². The molecule has 1 amide bonds. The minimum Gasteiger partial charge on any atom is -0.495 e. The molecule has 0 fully saturated rings. The van der Waals surface area contributed by atoms with Crippen LogP contribution in [0.25, 0.3) is 11.3 Å². The summed E-state index contributed by atoms with van der Waals surface area (Å²) in [7, 11) is 1.55. The lowest BCUT2D eigenvalue weighted by atomic mass is 10.2. The van der Waals surface area contributed by atoms with E-state index in [0.717, 1.165) is 5.56 Å². The number of amides is 1. The van der Waals surface area contributed by atoms with Gasteiger partial charge in [-0.05, 0) is 48.5 Å². The van der Waals surface area contributed by atoms with Gasteiger partial charge in [-0.2, -0.15) is 0 Å². The molecule has 1 heterocycles. The molecule has 3 aromatic rings. The van der Waals surface area contributed by atoms with Crippen LogP contribution in [0.2, 0.25) is 5.02 Å². The van der Waals surface area contributed by atoms with Crippen LogP contribution in [0.3, 0.4) is 0 Å². The van der Waals surface area contributed by atoms with Gasteiger partial charge in [0.15, 0.2) is 5.76 Å². The molecule has 4 nitrogen and oxygen atoms in total. The fourth-order valence-corrected chi connectivity index (χ4v) is 2.29. The monoisotopic (exact) mass is 327 g/mol. The molecule has 0 bridgehead atoms. The van der Waals surface area contributed by atoms with Crippen molar-refractivity contribution in [3.8, 4) is 17.1 Å². The number of hydrogen-bond acceptors (Lipinski definition) is 3. The van der Waals surface area contributed by atoms with Crippen molar-refractivity contribution in [1.29, 1.82) is 0 Å². The molecule has 0 saturated heterocycles. The van der Waals surface area contributed by atoms with Gasteiger partial charge in [0.2, 0.25) is 0 Å². The Morgan fingerprint density at radius 1 is 1.04 bits per heavy atom. The molecular formula is C18H14ClNO3. The summed E-state index contributed by atoms with van der Waals surface area (Å²) in [5, 5.41) is 3.42. The van der Waals surface area contributed by atoms with Crippen molar-refractivity contribution >= 4 is 23.2 Å². The van der Waals surface area contributed by atoms with E-state index in [9.17, 15) is 4.79 Å². The topological polar surface area (TPSA) is 51.5 Å². The van der Waals surface area contributed by atoms with E-state index in [4.69, 9.17) is 20.8 Å². The summed E-state index contributed by atoms with van der Waals surface area (Å²) in [5.74, 6) is 1.08. The van der Waals surface area contributed by atoms with Crippen molar-refractivity contribution < 1.29 is 13.9 Å². The maximum Gasteiger partial charge on any atom is 0.291 e. The molecule has 0 aliphatic heterocycles. The van der Waals surface area contributed by atoms with Gasteiger partial charge < -0.3 is 14.5 Å².